The van der Waals surface area contributed by atoms with Crippen molar-refractivity contribution in [1.29, 1.82) is 0 Å². The molecular formula is C10H15NO. The number of carbonyl (C=O) groups excluding carboxylic acids is 1. The van der Waals surface area contributed by atoms with Gasteiger partial charge in [-0.3, -0.25) is 4.79 Å². The van der Waals surface area contributed by atoms with Crippen molar-refractivity contribution in [3.8, 4) is 0 Å². The molecule has 1 rings (SSSR count). The summed E-state index contributed by atoms with van der Waals surface area (Å²) in [6, 6.07) is 3.96. The Morgan fingerprint density at radius 2 is 2.08 bits per heavy atom. The number of hydrogen-bond donors (Lipinski definition) is 0. The van der Waals surface area contributed by atoms with E-state index in [4.69, 9.17) is 0 Å². The first kappa shape index (κ1) is 9.04. The summed E-state index contributed by atoms with van der Waals surface area (Å²) in [4.78, 5) is 11.3. The number of aryl methyl sites for hydroxylation is 1. The molecule has 0 fully saturated rings. The van der Waals surface area contributed by atoms with E-state index in [2.05, 4.69) is 0 Å². The predicted molar refractivity (Wildman–Crippen MR) is 49.2 cm³/mol. The molecule has 2 nitrogen and oxygen atoms in total. The number of aromatic nitrogens is 1. The number of nitrogens with zero attached hydrogens (tertiary/aromatic N) is 1. The van der Waals surface area contributed by atoms with Crippen LogP contribution in [0, 0.1) is 6.92 Å². The van der Waals surface area contributed by atoms with Crippen molar-refractivity contribution >= 4 is 5.78 Å². The predicted octanol–water partition coefficient (Wildman–Crippen LogP) is 2.12. The molecule has 0 bridgehead atoms. The Labute approximate surface area is 73.2 Å². The van der Waals surface area contributed by atoms with Crippen LogP contribution in [0.3, 0.4) is 0 Å². The standard InChI is InChI=1S/C10H15NO/c1-8-6-5-7-11(8)10(3,4)9(2)12/h5-7H,1-4H3. The minimum Gasteiger partial charge on any atom is -0.339 e. The fraction of sp³-hybridized carbons (Fsp3) is 0.500. The van der Waals surface area contributed by atoms with E-state index in [0.29, 0.717) is 0 Å². The Morgan fingerprint density at radius 3 is 2.42 bits per heavy atom. The number of carbonyl (C=O) groups is 1. The molecule has 66 valence electrons. The zero-order valence-corrected chi connectivity index (χ0v) is 8.09. The van der Waals surface area contributed by atoms with Crippen LogP contribution in [0.15, 0.2) is 18.3 Å². The summed E-state index contributed by atoms with van der Waals surface area (Å²) in [6.45, 7) is 7.49. The molecule has 1 aromatic rings. The zero-order chi connectivity index (χ0) is 9.35. The summed E-state index contributed by atoms with van der Waals surface area (Å²) < 4.78 is 2.00. The molecule has 1 heterocycles. The highest BCUT2D eigenvalue weighted by atomic mass is 16.1. The quantitative estimate of drug-likeness (QED) is 0.658. The maximum atomic E-state index is 11.3. The first-order valence-corrected chi connectivity index (χ1v) is 4.11. The van der Waals surface area contributed by atoms with Gasteiger partial charge in [-0.2, -0.15) is 0 Å². The van der Waals surface area contributed by atoms with Gasteiger partial charge >= 0.3 is 0 Å². The molecule has 0 atom stereocenters. The van der Waals surface area contributed by atoms with Gasteiger partial charge in [-0.15, -0.1) is 0 Å². The average Bonchev–Trinajstić information content (AvgIpc) is 2.35. The minimum atomic E-state index is -0.409. The van der Waals surface area contributed by atoms with E-state index in [1.165, 1.54) is 0 Å². The van der Waals surface area contributed by atoms with Gasteiger partial charge in [0.15, 0.2) is 5.78 Å². The number of ketones is 1. The van der Waals surface area contributed by atoms with E-state index in [-0.39, 0.29) is 5.78 Å². The fourth-order valence-electron chi connectivity index (χ4n) is 1.26. The van der Waals surface area contributed by atoms with E-state index in [1.807, 2.05) is 43.7 Å². The van der Waals surface area contributed by atoms with Crippen molar-refractivity contribution in [3.05, 3.63) is 24.0 Å². The van der Waals surface area contributed by atoms with Crippen molar-refractivity contribution in [3.63, 3.8) is 0 Å². The van der Waals surface area contributed by atoms with Gasteiger partial charge in [0.1, 0.15) is 0 Å². The van der Waals surface area contributed by atoms with E-state index < -0.39 is 5.54 Å². The van der Waals surface area contributed by atoms with E-state index >= 15 is 0 Å². The molecule has 0 aliphatic rings. The average molecular weight is 165 g/mol. The van der Waals surface area contributed by atoms with Crippen LogP contribution in [0.5, 0.6) is 0 Å². The molecule has 0 aliphatic heterocycles. The molecule has 0 N–H and O–H groups in total. The SMILES string of the molecule is CC(=O)C(C)(C)n1cccc1C. The van der Waals surface area contributed by atoms with Crippen molar-refractivity contribution in [2.24, 2.45) is 0 Å². The van der Waals surface area contributed by atoms with Crippen LogP contribution in [0.2, 0.25) is 0 Å². The van der Waals surface area contributed by atoms with Crippen LogP contribution in [0.4, 0.5) is 0 Å². The lowest BCUT2D eigenvalue weighted by molar-refractivity contribution is -0.124. The molecule has 0 spiro atoms. The maximum Gasteiger partial charge on any atom is 0.155 e. The van der Waals surface area contributed by atoms with Gasteiger partial charge in [-0.25, -0.2) is 0 Å². The lowest BCUT2D eigenvalue weighted by Crippen LogP contribution is -2.34. The second-order valence-corrected chi connectivity index (χ2v) is 3.63. The second-order valence-electron chi connectivity index (χ2n) is 3.63. The van der Waals surface area contributed by atoms with Crippen molar-refractivity contribution in [2.75, 3.05) is 0 Å². The molecular weight excluding hydrogens is 150 g/mol. The zero-order valence-electron chi connectivity index (χ0n) is 8.09. The Morgan fingerprint density at radius 1 is 1.50 bits per heavy atom. The smallest absolute Gasteiger partial charge is 0.155 e. The molecule has 1 aromatic heterocycles. The Balaban J connectivity index is 3.13. The van der Waals surface area contributed by atoms with Crippen LogP contribution in [-0.4, -0.2) is 10.4 Å². The van der Waals surface area contributed by atoms with Gasteiger partial charge in [0.2, 0.25) is 0 Å². The molecule has 0 radical (unpaired) electrons. The van der Waals surface area contributed by atoms with Crippen molar-refractivity contribution < 1.29 is 4.79 Å². The summed E-state index contributed by atoms with van der Waals surface area (Å²) in [5.41, 5.74) is 0.711. The van der Waals surface area contributed by atoms with Crippen LogP contribution in [-0.2, 0) is 10.3 Å². The highest BCUT2D eigenvalue weighted by Crippen LogP contribution is 2.18. The summed E-state index contributed by atoms with van der Waals surface area (Å²) >= 11 is 0. The molecule has 12 heavy (non-hydrogen) atoms. The van der Waals surface area contributed by atoms with Crippen molar-refractivity contribution in [1.82, 2.24) is 4.57 Å². The highest BCUT2D eigenvalue weighted by molar-refractivity contribution is 5.83. The van der Waals surface area contributed by atoms with E-state index in [1.54, 1.807) is 6.92 Å². The third-order valence-corrected chi connectivity index (χ3v) is 2.42. The van der Waals surface area contributed by atoms with Gasteiger partial charge in [-0.05, 0) is 39.8 Å². The monoisotopic (exact) mass is 165 g/mol. The summed E-state index contributed by atoms with van der Waals surface area (Å²) in [7, 11) is 0. The maximum absolute atomic E-state index is 11.3. The fourth-order valence-corrected chi connectivity index (χ4v) is 1.26. The lowest BCUT2D eigenvalue weighted by atomic mass is 10.00. The highest BCUT2D eigenvalue weighted by Gasteiger charge is 2.25. The molecule has 0 saturated carbocycles. The Hall–Kier alpha value is -1.05. The first-order valence-electron chi connectivity index (χ1n) is 4.11. The summed E-state index contributed by atoms with van der Waals surface area (Å²) in [6.07, 6.45) is 1.94. The largest absolute Gasteiger partial charge is 0.339 e. The molecule has 0 aliphatic carbocycles. The topological polar surface area (TPSA) is 22.0 Å². The van der Waals surface area contributed by atoms with Crippen LogP contribution < -0.4 is 0 Å². The first-order chi connectivity index (χ1) is 5.46. The Bertz CT molecular complexity index is 297. The third kappa shape index (κ3) is 1.29. The Kier molecular flexibility index (Phi) is 2.09. The number of Topliss-reactive ketones (excluding diaryl/α,β-unsaturated/α-hetero) is 1. The van der Waals surface area contributed by atoms with Crippen LogP contribution in [0.25, 0.3) is 0 Å². The normalized spacial score (nSPS) is 11.7. The number of rotatable bonds is 2. The van der Waals surface area contributed by atoms with E-state index in [0.717, 1.165) is 5.69 Å². The van der Waals surface area contributed by atoms with Gasteiger partial charge in [0, 0.05) is 11.9 Å². The van der Waals surface area contributed by atoms with E-state index in [9.17, 15) is 4.79 Å². The van der Waals surface area contributed by atoms with Gasteiger partial charge in [0.25, 0.3) is 0 Å². The minimum absolute atomic E-state index is 0.182. The van der Waals surface area contributed by atoms with Crippen LogP contribution in [0.1, 0.15) is 26.5 Å². The van der Waals surface area contributed by atoms with Crippen molar-refractivity contribution in [2.45, 2.75) is 33.2 Å². The summed E-state index contributed by atoms with van der Waals surface area (Å²) in [5, 5.41) is 0. The molecule has 2 heteroatoms. The second kappa shape index (κ2) is 2.77. The van der Waals surface area contributed by atoms with Gasteiger partial charge < -0.3 is 4.57 Å². The number of hydrogen-bond acceptors (Lipinski definition) is 1. The van der Waals surface area contributed by atoms with Gasteiger partial charge in [0.05, 0.1) is 5.54 Å². The third-order valence-electron chi connectivity index (χ3n) is 2.42. The van der Waals surface area contributed by atoms with Gasteiger partial charge in [-0.1, -0.05) is 0 Å². The lowest BCUT2D eigenvalue weighted by Gasteiger charge is -2.25. The molecule has 0 saturated heterocycles. The molecule has 0 unspecified atom stereocenters. The van der Waals surface area contributed by atoms with Crippen LogP contribution >= 0.6 is 0 Å². The molecule has 0 aromatic carbocycles. The summed E-state index contributed by atoms with van der Waals surface area (Å²) in [5.74, 6) is 0.182. The molecule has 0 amide bonds.